The average Bonchev–Trinajstić information content (AvgIpc) is 2.72. The summed E-state index contributed by atoms with van der Waals surface area (Å²) in [5.74, 6) is 1.02. The number of aromatic nitrogens is 1. The van der Waals surface area contributed by atoms with Crippen molar-refractivity contribution in [2.75, 3.05) is 17.6 Å². The smallest absolute Gasteiger partial charge is 0.316 e. The molecule has 0 aromatic carbocycles. The fourth-order valence-corrected chi connectivity index (χ4v) is 3.02. The summed E-state index contributed by atoms with van der Waals surface area (Å²) in [6.07, 6.45) is 2.95. The Morgan fingerprint density at radius 3 is 2.89 bits per heavy atom. The number of hydrogen-bond acceptors (Lipinski definition) is 6. The molecular weight excluding hydrogens is 280 g/mol. The highest BCUT2D eigenvalue weighted by Gasteiger charge is 2.16. The molecule has 0 aliphatic rings. The Bertz CT molecular complexity index is 400. The SMILES string of the molecule is CCCNc1ncc(CSCC(=O)OC(C)(C)C)s1. The minimum Gasteiger partial charge on any atom is -0.459 e. The van der Waals surface area contributed by atoms with E-state index in [0.717, 1.165) is 23.8 Å². The van der Waals surface area contributed by atoms with E-state index in [1.165, 1.54) is 4.88 Å². The third-order valence-electron chi connectivity index (χ3n) is 1.96. The van der Waals surface area contributed by atoms with Crippen molar-refractivity contribution in [3.63, 3.8) is 0 Å². The lowest BCUT2D eigenvalue weighted by molar-refractivity contribution is -0.151. The van der Waals surface area contributed by atoms with Gasteiger partial charge in [0.25, 0.3) is 0 Å². The highest BCUT2D eigenvalue weighted by atomic mass is 32.2. The van der Waals surface area contributed by atoms with Crippen LogP contribution in [0.15, 0.2) is 6.20 Å². The Hall–Kier alpha value is -0.750. The van der Waals surface area contributed by atoms with Crippen molar-refractivity contribution >= 4 is 34.2 Å². The van der Waals surface area contributed by atoms with Gasteiger partial charge in [-0.3, -0.25) is 4.79 Å². The first-order valence-electron chi connectivity index (χ1n) is 6.39. The lowest BCUT2D eigenvalue weighted by atomic mass is 10.2. The lowest BCUT2D eigenvalue weighted by Crippen LogP contribution is -2.24. The molecular formula is C13H22N2O2S2. The summed E-state index contributed by atoms with van der Waals surface area (Å²) in [5, 5.41) is 4.20. The first-order valence-corrected chi connectivity index (χ1v) is 8.36. The number of rotatable bonds is 7. The summed E-state index contributed by atoms with van der Waals surface area (Å²) < 4.78 is 5.25. The van der Waals surface area contributed by atoms with Gasteiger partial charge in [-0.1, -0.05) is 6.92 Å². The summed E-state index contributed by atoms with van der Waals surface area (Å²) in [4.78, 5) is 17.0. The Kier molecular flexibility index (Phi) is 6.65. The van der Waals surface area contributed by atoms with Gasteiger partial charge in [0.2, 0.25) is 0 Å². The van der Waals surface area contributed by atoms with Crippen LogP contribution in [0.2, 0.25) is 0 Å². The van der Waals surface area contributed by atoms with Crippen LogP contribution < -0.4 is 5.32 Å². The minimum atomic E-state index is -0.403. The molecule has 1 aromatic heterocycles. The van der Waals surface area contributed by atoms with Crippen molar-refractivity contribution < 1.29 is 9.53 Å². The van der Waals surface area contributed by atoms with E-state index in [-0.39, 0.29) is 5.97 Å². The molecule has 0 unspecified atom stereocenters. The molecule has 6 heteroatoms. The van der Waals surface area contributed by atoms with Gasteiger partial charge in [-0.15, -0.1) is 23.1 Å². The van der Waals surface area contributed by atoms with Gasteiger partial charge >= 0.3 is 5.97 Å². The van der Waals surface area contributed by atoms with Crippen LogP contribution in [-0.4, -0.2) is 28.9 Å². The van der Waals surface area contributed by atoms with Crippen LogP contribution in [-0.2, 0) is 15.3 Å². The van der Waals surface area contributed by atoms with Crippen LogP contribution in [0.4, 0.5) is 5.13 Å². The maximum absolute atomic E-state index is 11.5. The molecule has 0 saturated heterocycles. The van der Waals surface area contributed by atoms with Crippen LogP contribution in [0.5, 0.6) is 0 Å². The van der Waals surface area contributed by atoms with Crippen molar-refractivity contribution in [1.29, 1.82) is 0 Å². The van der Waals surface area contributed by atoms with Crippen molar-refractivity contribution in [3.8, 4) is 0 Å². The highest BCUT2D eigenvalue weighted by Crippen LogP contribution is 2.23. The summed E-state index contributed by atoms with van der Waals surface area (Å²) in [5.41, 5.74) is -0.403. The quantitative estimate of drug-likeness (QED) is 0.781. The number of nitrogens with one attached hydrogen (secondary N) is 1. The summed E-state index contributed by atoms with van der Waals surface area (Å²) in [6.45, 7) is 8.70. The Morgan fingerprint density at radius 2 is 2.26 bits per heavy atom. The zero-order valence-corrected chi connectivity index (χ0v) is 13.6. The molecule has 4 nitrogen and oxygen atoms in total. The molecule has 1 aromatic rings. The number of carbonyl (C=O) groups is 1. The van der Waals surface area contributed by atoms with Crippen molar-refractivity contribution in [3.05, 3.63) is 11.1 Å². The van der Waals surface area contributed by atoms with Crippen LogP contribution in [0.1, 0.15) is 39.0 Å². The van der Waals surface area contributed by atoms with Gasteiger partial charge in [0.1, 0.15) is 5.60 Å². The van der Waals surface area contributed by atoms with E-state index < -0.39 is 5.60 Å². The third kappa shape index (κ3) is 7.42. The Balaban J connectivity index is 2.25. The zero-order chi connectivity index (χ0) is 14.3. The summed E-state index contributed by atoms with van der Waals surface area (Å²) in [6, 6.07) is 0. The van der Waals surface area contributed by atoms with Crippen LogP contribution in [0.25, 0.3) is 0 Å². The van der Waals surface area contributed by atoms with Crippen molar-refractivity contribution in [2.24, 2.45) is 0 Å². The maximum atomic E-state index is 11.5. The van der Waals surface area contributed by atoms with E-state index in [1.54, 1.807) is 23.1 Å². The predicted molar refractivity (Wildman–Crippen MR) is 82.9 cm³/mol. The highest BCUT2D eigenvalue weighted by molar-refractivity contribution is 7.99. The summed E-state index contributed by atoms with van der Waals surface area (Å²) in [7, 11) is 0. The third-order valence-corrected chi connectivity index (χ3v) is 4.06. The maximum Gasteiger partial charge on any atom is 0.316 e. The molecule has 0 radical (unpaired) electrons. The molecule has 0 atom stereocenters. The molecule has 0 fully saturated rings. The van der Waals surface area contributed by atoms with E-state index in [0.29, 0.717) is 5.75 Å². The monoisotopic (exact) mass is 302 g/mol. The number of nitrogens with zero attached hydrogens (tertiary/aromatic N) is 1. The molecule has 0 aliphatic heterocycles. The Morgan fingerprint density at radius 1 is 1.53 bits per heavy atom. The second kappa shape index (κ2) is 7.75. The molecule has 0 saturated carbocycles. The molecule has 108 valence electrons. The number of anilines is 1. The van der Waals surface area contributed by atoms with Gasteiger partial charge < -0.3 is 10.1 Å². The van der Waals surface area contributed by atoms with Crippen molar-refractivity contribution in [2.45, 2.75) is 45.5 Å². The molecule has 19 heavy (non-hydrogen) atoms. The zero-order valence-electron chi connectivity index (χ0n) is 12.0. The lowest BCUT2D eigenvalue weighted by Gasteiger charge is -2.19. The molecule has 0 aliphatic carbocycles. The van der Waals surface area contributed by atoms with E-state index in [4.69, 9.17) is 4.74 Å². The fraction of sp³-hybridized carbons (Fsp3) is 0.692. The van der Waals surface area contributed by atoms with Crippen LogP contribution >= 0.6 is 23.1 Å². The number of carbonyl (C=O) groups excluding carboxylic acids is 1. The van der Waals surface area contributed by atoms with Crippen LogP contribution in [0, 0.1) is 0 Å². The normalized spacial score (nSPS) is 11.4. The summed E-state index contributed by atoms with van der Waals surface area (Å²) >= 11 is 3.20. The molecule has 1 rings (SSSR count). The van der Waals surface area contributed by atoms with Gasteiger partial charge in [-0.2, -0.15) is 0 Å². The molecule has 0 spiro atoms. The number of hydrogen-bond donors (Lipinski definition) is 1. The standard InChI is InChI=1S/C13H22N2O2S2/c1-5-6-14-12-15-7-10(19-12)8-18-9-11(16)17-13(2,3)4/h7H,5-6,8-9H2,1-4H3,(H,14,15). The van der Waals surface area contributed by atoms with E-state index in [2.05, 4.69) is 17.2 Å². The molecule has 1 N–H and O–H groups in total. The van der Waals surface area contributed by atoms with Crippen molar-refractivity contribution in [1.82, 2.24) is 4.98 Å². The largest absolute Gasteiger partial charge is 0.459 e. The first-order chi connectivity index (χ1) is 8.90. The second-order valence-corrected chi connectivity index (χ2v) is 7.24. The van der Waals surface area contributed by atoms with Gasteiger partial charge in [0, 0.05) is 23.4 Å². The molecule has 0 amide bonds. The van der Waals surface area contributed by atoms with Gasteiger partial charge in [0.15, 0.2) is 5.13 Å². The van der Waals surface area contributed by atoms with Gasteiger partial charge in [-0.05, 0) is 27.2 Å². The van der Waals surface area contributed by atoms with E-state index >= 15 is 0 Å². The van der Waals surface area contributed by atoms with Crippen LogP contribution in [0.3, 0.4) is 0 Å². The number of ether oxygens (including phenoxy) is 1. The molecule has 1 heterocycles. The van der Waals surface area contributed by atoms with Gasteiger partial charge in [0.05, 0.1) is 5.75 Å². The average molecular weight is 302 g/mol. The Labute approximate surface area is 123 Å². The number of thioether (sulfide) groups is 1. The van der Waals surface area contributed by atoms with E-state index in [1.807, 2.05) is 27.0 Å². The number of esters is 1. The molecule has 0 bridgehead atoms. The predicted octanol–water partition coefficient (Wildman–Crippen LogP) is 3.54. The van der Waals surface area contributed by atoms with E-state index in [9.17, 15) is 4.79 Å². The topological polar surface area (TPSA) is 51.2 Å². The number of thiazole rings is 1. The van der Waals surface area contributed by atoms with Gasteiger partial charge in [-0.25, -0.2) is 4.98 Å². The fourth-order valence-electron chi connectivity index (χ4n) is 1.29. The first kappa shape index (κ1) is 16.3. The minimum absolute atomic E-state index is 0.161. The second-order valence-electron chi connectivity index (χ2n) is 5.14.